The van der Waals surface area contributed by atoms with E-state index >= 15 is 0 Å². The van der Waals surface area contributed by atoms with Crippen molar-refractivity contribution in [3.05, 3.63) is 24.3 Å². The third-order valence-corrected chi connectivity index (χ3v) is 4.49. The lowest BCUT2D eigenvalue weighted by Crippen LogP contribution is -2.50. The fourth-order valence-corrected chi connectivity index (χ4v) is 3.23. The minimum atomic E-state index is -0.659. The number of amides is 3. The van der Waals surface area contributed by atoms with Gasteiger partial charge in [0.05, 0.1) is 30.8 Å². The lowest BCUT2D eigenvalue weighted by Gasteiger charge is -2.20. The first-order valence-corrected chi connectivity index (χ1v) is 8.73. The van der Waals surface area contributed by atoms with Crippen LogP contribution in [-0.4, -0.2) is 43.0 Å². The van der Waals surface area contributed by atoms with Gasteiger partial charge in [0.1, 0.15) is 5.75 Å². The molecule has 2 heterocycles. The maximum atomic E-state index is 12.7. The fourth-order valence-electron chi connectivity index (χ4n) is 3.23. The maximum Gasteiger partial charge on any atom is 0.251 e. The van der Waals surface area contributed by atoms with Gasteiger partial charge in [0.15, 0.2) is 0 Å². The summed E-state index contributed by atoms with van der Waals surface area (Å²) >= 11 is 0. The molecule has 2 aliphatic heterocycles. The molecule has 2 atom stereocenters. The molecule has 0 aromatic heterocycles. The highest BCUT2D eigenvalue weighted by Crippen LogP contribution is 2.25. The van der Waals surface area contributed by atoms with Gasteiger partial charge < -0.3 is 10.1 Å². The van der Waals surface area contributed by atoms with Gasteiger partial charge in [0.2, 0.25) is 11.8 Å². The molecule has 3 rings (SSSR count). The van der Waals surface area contributed by atoms with Gasteiger partial charge >= 0.3 is 0 Å². The van der Waals surface area contributed by atoms with Crippen LogP contribution in [0.25, 0.3) is 0 Å². The van der Waals surface area contributed by atoms with E-state index in [0.717, 1.165) is 12.8 Å². The second-order valence-corrected chi connectivity index (χ2v) is 6.26. The fraction of sp³-hybridized carbons (Fsp3) is 0.500. The molecule has 2 saturated heterocycles. The standard InChI is InChI=1S/C18H23N3O4/c1-2-25-13-8-6-12(7-9-13)21-16(22)11-15(18(21)24)20-14-5-3-4-10-19-17(14)23/h6-9,14-15,20H,2-5,10-11H2,1H3,(H,19,23)/t14-,15+/m0/s1. The molecule has 1 aromatic rings. The van der Waals surface area contributed by atoms with Crippen LogP contribution >= 0.6 is 0 Å². The summed E-state index contributed by atoms with van der Waals surface area (Å²) in [6.45, 7) is 3.10. The molecule has 2 aliphatic rings. The van der Waals surface area contributed by atoms with Crippen molar-refractivity contribution in [3.8, 4) is 5.75 Å². The monoisotopic (exact) mass is 345 g/mol. The Bertz CT molecular complexity index is 659. The van der Waals surface area contributed by atoms with Crippen LogP contribution in [0.4, 0.5) is 5.69 Å². The molecule has 0 bridgehead atoms. The Kier molecular flexibility index (Phi) is 5.33. The Labute approximate surface area is 146 Å². The summed E-state index contributed by atoms with van der Waals surface area (Å²) < 4.78 is 5.38. The third-order valence-electron chi connectivity index (χ3n) is 4.49. The van der Waals surface area contributed by atoms with Crippen LogP contribution in [0.5, 0.6) is 5.75 Å². The number of nitrogens with zero attached hydrogens (tertiary/aromatic N) is 1. The van der Waals surface area contributed by atoms with Crippen LogP contribution < -0.4 is 20.3 Å². The van der Waals surface area contributed by atoms with Crippen molar-refractivity contribution in [1.29, 1.82) is 0 Å². The van der Waals surface area contributed by atoms with Crippen LogP contribution in [-0.2, 0) is 14.4 Å². The highest BCUT2D eigenvalue weighted by Gasteiger charge is 2.41. The zero-order valence-electron chi connectivity index (χ0n) is 14.3. The van der Waals surface area contributed by atoms with E-state index in [1.807, 2.05) is 6.92 Å². The van der Waals surface area contributed by atoms with Crippen molar-refractivity contribution in [2.24, 2.45) is 0 Å². The molecule has 0 spiro atoms. The SMILES string of the molecule is CCOc1ccc(N2C(=O)C[C@@H](N[C@H]3CCCCNC3=O)C2=O)cc1. The number of hydrogen-bond donors (Lipinski definition) is 2. The molecule has 2 N–H and O–H groups in total. The normalized spacial score (nSPS) is 24.2. The summed E-state index contributed by atoms with van der Waals surface area (Å²) in [7, 11) is 0. The molecule has 1 aromatic carbocycles. The van der Waals surface area contributed by atoms with E-state index < -0.39 is 12.1 Å². The predicted molar refractivity (Wildman–Crippen MR) is 92.3 cm³/mol. The highest BCUT2D eigenvalue weighted by molar-refractivity contribution is 6.22. The van der Waals surface area contributed by atoms with Crippen LogP contribution in [0, 0.1) is 0 Å². The van der Waals surface area contributed by atoms with Gasteiger partial charge in [-0.1, -0.05) is 0 Å². The first kappa shape index (κ1) is 17.4. The Morgan fingerprint density at radius 1 is 1.16 bits per heavy atom. The minimum Gasteiger partial charge on any atom is -0.494 e. The Hall–Kier alpha value is -2.41. The number of anilines is 1. The Morgan fingerprint density at radius 2 is 1.92 bits per heavy atom. The van der Waals surface area contributed by atoms with E-state index in [2.05, 4.69) is 10.6 Å². The van der Waals surface area contributed by atoms with Gasteiger partial charge in [-0.15, -0.1) is 0 Å². The van der Waals surface area contributed by atoms with Crippen molar-refractivity contribution in [3.63, 3.8) is 0 Å². The third kappa shape index (κ3) is 3.82. The Balaban J connectivity index is 1.70. The molecule has 25 heavy (non-hydrogen) atoms. The quantitative estimate of drug-likeness (QED) is 0.777. The molecule has 134 valence electrons. The average molecular weight is 345 g/mol. The second-order valence-electron chi connectivity index (χ2n) is 6.26. The summed E-state index contributed by atoms with van der Waals surface area (Å²) in [4.78, 5) is 38.2. The molecular weight excluding hydrogens is 322 g/mol. The molecule has 0 unspecified atom stereocenters. The molecule has 2 fully saturated rings. The van der Waals surface area contributed by atoms with Crippen molar-refractivity contribution in [1.82, 2.24) is 10.6 Å². The van der Waals surface area contributed by atoms with Crippen LogP contribution in [0.3, 0.4) is 0 Å². The van der Waals surface area contributed by atoms with Gasteiger partial charge in [-0.25, -0.2) is 4.90 Å². The van der Waals surface area contributed by atoms with Crippen molar-refractivity contribution in [2.45, 2.75) is 44.7 Å². The first-order chi connectivity index (χ1) is 12.1. The number of benzene rings is 1. The molecule has 3 amide bonds. The molecule has 7 nitrogen and oxygen atoms in total. The van der Waals surface area contributed by atoms with Gasteiger partial charge in [-0.05, 0) is 50.5 Å². The summed E-state index contributed by atoms with van der Waals surface area (Å²) in [6.07, 6.45) is 2.58. The number of carbonyl (C=O) groups excluding carboxylic acids is 3. The Morgan fingerprint density at radius 3 is 2.64 bits per heavy atom. The zero-order valence-corrected chi connectivity index (χ0v) is 14.3. The number of imide groups is 1. The zero-order chi connectivity index (χ0) is 17.8. The van der Waals surface area contributed by atoms with E-state index in [0.29, 0.717) is 31.0 Å². The minimum absolute atomic E-state index is 0.0653. The maximum absolute atomic E-state index is 12.7. The summed E-state index contributed by atoms with van der Waals surface area (Å²) in [6, 6.07) is 5.78. The predicted octanol–water partition coefficient (Wildman–Crippen LogP) is 0.976. The molecule has 0 saturated carbocycles. The van der Waals surface area contributed by atoms with E-state index in [1.165, 1.54) is 4.90 Å². The average Bonchev–Trinajstić information content (AvgIpc) is 2.74. The van der Waals surface area contributed by atoms with Crippen LogP contribution in [0.15, 0.2) is 24.3 Å². The topological polar surface area (TPSA) is 87.7 Å². The van der Waals surface area contributed by atoms with Crippen LogP contribution in [0.1, 0.15) is 32.6 Å². The molecule has 7 heteroatoms. The van der Waals surface area contributed by atoms with E-state index in [-0.39, 0.29) is 24.1 Å². The van der Waals surface area contributed by atoms with E-state index in [1.54, 1.807) is 24.3 Å². The number of hydrogen-bond acceptors (Lipinski definition) is 5. The molecule has 0 radical (unpaired) electrons. The highest BCUT2D eigenvalue weighted by atomic mass is 16.5. The molecular formula is C18H23N3O4. The van der Waals surface area contributed by atoms with Gasteiger partial charge in [-0.3, -0.25) is 19.7 Å². The van der Waals surface area contributed by atoms with E-state index in [4.69, 9.17) is 4.74 Å². The lowest BCUT2D eigenvalue weighted by molar-refractivity contribution is -0.123. The largest absolute Gasteiger partial charge is 0.494 e. The van der Waals surface area contributed by atoms with Crippen molar-refractivity contribution in [2.75, 3.05) is 18.1 Å². The van der Waals surface area contributed by atoms with Crippen LogP contribution in [0.2, 0.25) is 0 Å². The summed E-state index contributed by atoms with van der Waals surface area (Å²) in [5.74, 6) is 0.0132. The number of ether oxygens (including phenoxy) is 1. The summed E-state index contributed by atoms with van der Waals surface area (Å²) in [5, 5.41) is 5.90. The number of nitrogens with one attached hydrogen (secondary N) is 2. The van der Waals surface area contributed by atoms with Gasteiger partial charge in [-0.2, -0.15) is 0 Å². The first-order valence-electron chi connectivity index (χ1n) is 8.73. The van der Waals surface area contributed by atoms with Gasteiger partial charge in [0.25, 0.3) is 5.91 Å². The number of carbonyl (C=O) groups is 3. The van der Waals surface area contributed by atoms with Crippen molar-refractivity contribution >= 4 is 23.4 Å². The van der Waals surface area contributed by atoms with Gasteiger partial charge in [0, 0.05) is 6.54 Å². The van der Waals surface area contributed by atoms with E-state index in [9.17, 15) is 14.4 Å². The number of rotatable bonds is 5. The summed E-state index contributed by atoms with van der Waals surface area (Å²) in [5.41, 5.74) is 0.521. The molecule has 0 aliphatic carbocycles. The lowest BCUT2D eigenvalue weighted by atomic mass is 10.1. The second kappa shape index (κ2) is 7.65. The smallest absolute Gasteiger partial charge is 0.251 e. The van der Waals surface area contributed by atoms with Crippen molar-refractivity contribution < 1.29 is 19.1 Å².